The largest absolute Gasteiger partial charge is 0.394 e. The van der Waals surface area contributed by atoms with Gasteiger partial charge in [0.25, 0.3) is 0 Å². The quantitative estimate of drug-likeness (QED) is 0.698. The fraction of sp³-hybridized carbons (Fsp3) is 0.182. The number of nitrogens with one attached hydrogen (secondary N) is 1. The third-order valence-electron chi connectivity index (χ3n) is 2.33. The monoisotopic (exact) mass is 203 g/mol. The van der Waals surface area contributed by atoms with Crippen molar-refractivity contribution in [2.75, 3.05) is 6.61 Å². The molecule has 2 rings (SSSR count). The van der Waals surface area contributed by atoms with Gasteiger partial charge < -0.3 is 10.8 Å². The Kier molecular flexibility index (Phi) is 2.80. The molecule has 0 saturated heterocycles. The highest BCUT2D eigenvalue weighted by Crippen LogP contribution is 2.24. The Morgan fingerprint density at radius 2 is 2.07 bits per heavy atom. The van der Waals surface area contributed by atoms with E-state index in [1.807, 2.05) is 30.3 Å². The number of benzene rings is 1. The maximum atomic E-state index is 9.01. The molecule has 0 bridgehead atoms. The third-order valence-corrected chi connectivity index (χ3v) is 2.33. The molecule has 0 aliphatic rings. The van der Waals surface area contributed by atoms with Crippen molar-refractivity contribution < 1.29 is 5.11 Å². The first-order valence-electron chi connectivity index (χ1n) is 4.78. The molecule has 4 nitrogen and oxygen atoms in total. The van der Waals surface area contributed by atoms with Gasteiger partial charge in [0.05, 0.1) is 24.5 Å². The van der Waals surface area contributed by atoms with Crippen LogP contribution < -0.4 is 5.73 Å². The summed E-state index contributed by atoms with van der Waals surface area (Å²) in [5.74, 6) is 0. The van der Waals surface area contributed by atoms with Crippen LogP contribution in [0.2, 0.25) is 0 Å². The molecule has 1 atom stereocenters. The molecule has 1 aromatic heterocycles. The molecule has 78 valence electrons. The molecular formula is C11H13N3O. The molecule has 0 fully saturated rings. The Hall–Kier alpha value is -1.65. The minimum absolute atomic E-state index is 0.0840. The van der Waals surface area contributed by atoms with Crippen LogP contribution in [0, 0.1) is 0 Å². The smallest absolute Gasteiger partial charge is 0.0698 e. The van der Waals surface area contributed by atoms with Gasteiger partial charge in [0, 0.05) is 5.56 Å². The van der Waals surface area contributed by atoms with E-state index in [4.69, 9.17) is 10.8 Å². The van der Waals surface area contributed by atoms with Gasteiger partial charge in [-0.15, -0.1) is 0 Å². The molecule has 15 heavy (non-hydrogen) atoms. The maximum Gasteiger partial charge on any atom is 0.0698 e. The van der Waals surface area contributed by atoms with E-state index in [1.165, 1.54) is 0 Å². The minimum atomic E-state index is -0.390. The summed E-state index contributed by atoms with van der Waals surface area (Å²) in [5.41, 5.74) is 8.50. The molecule has 1 heterocycles. The second-order valence-corrected chi connectivity index (χ2v) is 3.36. The number of nitrogens with zero attached hydrogens (tertiary/aromatic N) is 1. The Labute approximate surface area is 87.7 Å². The Bertz CT molecular complexity index is 424. The van der Waals surface area contributed by atoms with Crippen LogP contribution in [0.3, 0.4) is 0 Å². The van der Waals surface area contributed by atoms with Crippen LogP contribution >= 0.6 is 0 Å². The summed E-state index contributed by atoms with van der Waals surface area (Å²) < 4.78 is 0. The summed E-state index contributed by atoms with van der Waals surface area (Å²) in [6.07, 6.45) is 1.66. The van der Waals surface area contributed by atoms with E-state index in [0.717, 1.165) is 16.8 Å². The van der Waals surface area contributed by atoms with Gasteiger partial charge in [-0.3, -0.25) is 5.10 Å². The van der Waals surface area contributed by atoms with E-state index in [9.17, 15) is 0 Å². The van der Waals surface area contributed by atoms with Gasteiger partial charge in [0.1, 0.15) is 0 Å². The van der Waals surface area contributed by atoms with Crippen molar-refractivity contribution in [3.63, 3.8) is 0 Å². The number of aromatic amines is 1. The molecule has 0 aliphatic carbocycles. The average molecular weight is 203 g/mol. The molecule has 0 aliphatic heterocycles. The van der Waals surface area contributed by atoms with Gasteiger partial charge in [-0.1, -0.05) is 30.3 Å². The number of aliphatic hydroxyl groups excluding tert-OH is 1. The number of nitrogens with two attached hydrogens (primary N) is 1. The van der Waals surface area contributed by atoms with Crippen molar-refractivity contribution in [1.29, 1.82) is 0 Å². The van der Waals surface area contributed by atoms with Crippen molar-refractivity contribution in [2.45, 2.75) is 6.04 Å². The second-order valence-electron chi connectivity index (χ2n) is 3.36. The topological polar surface area (TPSA) is 74.9 Å². The summed E-state index contributed by atoms with van der Waals surface area (Å²) in [6.45, 7) is -0.0840. The molecule has 1 aromatic carbocycles. The minimum Gasteiger partial charge on any atom is -0.394 e. The summed E-state index contributed by atoms with van der Waals surface area (Å²) in [6, 6.07) is 9.40. The van der Waals surface area contributed by atoms with Crippen LogP contribution in [-0.2, 0) is 0 Å². The summed E-state index contributed by atoms with van der Waals surface area (Å²) in [7, 11) is 0. The predicted octanol–water partition coefficient (Wildman–Crippen LogP) is 1.07. The van der Waals surface area contributed by atoms with Crippen LogP contribution in [-0.4, -0.2) is 21.9 Å². The van der Waals surface area contributed by atoms with Gasteiger partial charge >= 0.3 is 0 Å². The zero-order valence-corrected chi connectivity index (χ0v) is 8.22. The number of aromatic nitrogens is 2. The van der Waals surface area contributed by atoms with E-state index in [-0.39, 0.29) is 12.6 Å². The lowest BCUT2D eigenvalue weighted by Crippen LogP contribution is -2.14. The predicted molar refractivity (Wildman–Crippen MR) is 58.0 cm³/mol. The molecule has 4 N–H and O–H groups in total. The molecule has 0 radical (unpaired) electrons. The number of rotatable bonds is 3. The van der Waals surface area contributed by atoms with Gasteiger partial charge in [0.15, 0.2) is 0 Å². The van der Waals surface area contributed by atoms with E-state index in [1.54, 1.807) is 6.20 Å². The van der Waals surface area contributed by atoms with Gasteiger partial charge in [0.2, 0.25) is 0 Å². The van der Waals surface area contributed by atoms with Crippen molar-refractivity contribution >= 4 is 0 Å². The van der Waals surface area contributed by atoms with E-state index < -0.39 is 0 Å². The van der Waals surface area contributed by atoms with Crippen LogP contribution in [0.25, 0.3) is 11.3 Å². The lowest BCUT2D eigenvalue weighted by atomic mass is 10.0. The van der Waals surface area contributed by atoms with Crippen molar-refractivity contribution in [3.05, 3.63) is 42.1 Å². The van der Waals surface area contributed by atoms with Crippen molar-refractivity contribution in [2.24, 2.45) is 5.73 Å². The highest BCUT2D eigenvalue weighted by molar-refractivity contribution is 5.63. The molecule has 2 aromatic rings. The first-order chi connectivity index (χ1) is 7.33. The SMILES string of the molecule is N[C@H](CO)c1cn[nH]c1-c1ccccc1. The number of aliphatic hydroxyl groups is 1. The number of hydrogen-bond acceptors (Lipinski definition) is 3. The van der Waals surface area contributed by atoms with Gasteiger partial charge in [-0.2, -0.15) is 5.10 Å². The maximum absolute atomic E-state index is 9.01. The Morgan fingerprint density at radius 1 is 1.33 bits per heavy atom. The number of hydrogen-bond donors (Lipinski definition) is 3. The van der Waals surface area contributed by atoms with Crippen LogP contribution in [0.4, 0.5) is 0 Å². The molecule has 0 amide bonds. The van der Waals surface area contributed by atoms with Crippen LogP contribution in [0.1, 0.15) is 11.6 Å². The van der Waals surface area contributed by atoms with Crippen molar-refractivity contribution in [3.8, 4) is 11.3 Å². The van der Waals surface area contributed by atoms with E-state index >= 15 is 0 Å². The van der Waals surface area contributed by atoms with E-state index in [2.05, 4.69) is 10.2 Å². The summed E-state index contributed by atoms with van der Waals surface area (Å²) in [5, 5.41) is 15.9. The molecule has 0 spiro atoms. The zero-order valence-electron chi connectivity index (χ0n) is 8.22. The second kappa shape index (κ2) is 4.25. The number of H-pyrrole nitrogens is 1. The molecule has 0 unspecified atom stereocenters. The third kappa shape index (κ3) is 1.91. The first-order valence-corrected chi connectivity index (χ1v) is 4.78. The van der Waals surface area contributed by atoms with E-state index in [0.29, 0.717) is 0 Å². The van der Waals surface area contributed by atoms with Crippen LogP contribution in [0.5, 0.6) is 0 Å². The summed E-state index contributed by atoms with van der Waals surface area (Å²) in [4.78, 5) is 0. The standard InChI is InChI=1S/C11H13N3O/c12-10(7-15)9-6-13-14-11(9)8-4-2-1-3-5-8/h1-6,10,15H,7,12H2,(H,13,14)/t10-/m1/s1. The Balaban J connectivity index is 2.41. The molecular weight excluding hydrogens is 190 g/mol. The fourth-order valence-corrected chi connectivity index (χ4v) is 1.51. The van der Waals surface area contributed by atoms with Crippen molar-refractivity contribution in [1.82, 2.24) is 10.2 Å². The average Bonchev–Trinajstić information content (AvgIpc) is 2.78. The highest BCUT2D eigenvalue weighted by atomic mass is 16.3. The lowest BCUT2D eigenvalue weighted by Gasteiger charge is -2.08. The lowest BCUT2D eigenvalue weighted by molar-refractivity contribution is 0.268. The highest BCUT2D eigenvalue weighted by Gasteiger charge is 2.13. The normalized spacial score (nSPS) is 12.7. The fourth-order valence-electron chi connectivity index (χ4n) is 1.51. The summed E-state index contributed by atoms with van der Waals surface area (Å²) >= 11 is 0. The Morgan fingerprint density at radius 3 is 2.73 bits per heavy atom. The molecule has 0 saturated carbocycles. The first kappa shape index (κ1) is 9.89. The van der Waals surface area contributed by atoms with Gasteiger partial charge in [-0.05, 0) is 5.56 Å². The van der Waals surface area contributed by atoms with Gasteiger partial charge in [-0.25, -0.2) is 0 Å². The molecule has 4 heteroatoms. The van der Waals surface area contributed by atoms with Crippen LogP contribution in [0.15, 0.2) is 36.5 Å². The zero-order chi connectivity index (χ0) is 10.7.